The molecule has 4 nitrogen and oxygen atoms in total. The molecule has 0 bridgehead atoms. The summed E-state index contributed by atoms with van der Waals surface area (Å²) in [5, 5.41) is 0. The number of carbonyl (C=O) groups excluding carboxylic acids is 2. The SMILES string of the molecule is CCc1nc2c(n1CC(F)(F)F)C(=O)C(=O)c1ccccc1-2. The molecule has 0 atom stereocenters. The van der Waals surface area contributed by atoms with Gasteiger partial charge >= 0.3 is 6.18 Å². The van der Waals surface area contributed by atoms with Crippen LogP contribution < -0.4 is 0 Å². The molecule has 114 valence electrons. The zero-order chi connectivity index (χ0) is 16.1. The normalized spacial score (nSPS) is 14.0. The van der Waals surface area contributed by atoms with E-state index in [1.807, 2.05) is 0 Å². The number of fused-ring (bicyclic) bond motifs is 3. The maximum atomic E-state index is 12.8. The molecule has 1 heterocycles. The van der Waals surface area contributed by atoms with Crippen molar-refractivity contribution in [2.75, 3.05) is 0 Å². The largest absolute Gasteiger partial charge is 0.406 e. The second-order valence-electron chi connectivity index (χ2n) is 4.98. The number of carbonyl (C=O) groups is 2. The monoisotopic (exact) mass is 308 g/mol. The van der Waals surface area contributed by atoms with Crippen molar-refractivity contribution in [2.24, 2.45) is 0 Å². The molecule has 0 unspecified atom stereocenters. The minimum absolute atomic E-state index is 0.139. The van der Waals surface area contributed by atoms with Crippen molar-refractivity contribution in [2.45, 2.75) is 26.1 Å². The summed E-state index contributed by atoms with van der Waals surface area (Å²) in [6.07, 6.45) is -4.27. The summed E-state index contributed by atoms with van der Waals surface area (Å²) in [5.74, 6) is -1.60. The Morgan fingerprint density at radius 3 is 2.32 bits per heavy atom. The zero-order valence-electron chi connectivity index (χ0n) is 11.6. The Kier molecular flexibility index (Phi) is 3.16. The fourth-order valence-electron chi connectivity index (χ4n) is 2.65. The molecule has 0 saturated heterocycles. The molecule has 7 heteroatoms. The number of ketones is 2. The van der Waals surface area contributed by atoms with E-state index in [1.54, 1.807) is 25.1 Å². The number of imidazole rings is 1. The van der Waals surface area contributed by atoms with Crippen LogP contribution >= 0.6 is 0 Å². The number of aryl methyl sites for hydroxylation is 1. The minimum atomic E-state index is -4.50. The molecular formula is C15H11F3N2O2. The standard InChI is InChI=1S/C15H11F3N2O2/c1-2-10-19-11-8-5-3-4-6-9(8)13(21)14(22)12(11)20(10)7-15(16,17)18/h3-6H,2,7H2,1H3. The van der Waals surface area contributed by atoms with E-state index in [1.165, 1.54) is 6.07 Å². The fourth-order valence-corrected chi connectivity index (χ4v) is 2.65. The highest BCUT2D eigenvalue weighted by atomic mass is 19.4. The third-order valence-electron chi connectivity index (χ3n) is 3.55. The van der Waals surface area contributed by atoms with Gasteiger partial charge in [0, 0.05) is 17.5 Å². The summed E-state index contributed by atoms with van der Waals surface area (Å²) < 4.78 is 39.2. The van der Waals surface area contributed by atoms with Gasteiger partial charge in [-0.3, -0.25) is 9.59 Å². The Hall–Kier alpha value is -2.44. The van der Waals surface area contributed by atoms with E-state index in [4.69, 9.17) is 0 Å². The number of hydrogen-bond donors (Lipinski definition) is 0. The molecule has 0 amide bonds. The molecule has 2 aromatic rings. The van der Waals surface area contributed by atoms with E-state index in [0.29, 0.717) is 5.56 Å². The van der Waals surface area contributed by atoms with Gasteiger partial charge in [-0.2, -0.15) is 13.2 Å². The average molecular weight is 308 g/mol. The van der Waals surface area contributed by atoms with Crippen LogP contribution in [0.4, 0.5) is 13.2 Å². The van der Waals surface area contributed by atoms with E-state index >= 15 is 0 Å². The molecule has 3 rings (SSSR count). The topological polar surface area (TPSA) is 52.0 Å². The van der Waals surface area contributed by atoms with Crippen LogP contribution in [0.1, 0.15) is 33.6 Å². The Labute approximate surface area is 123 Å². The van der Waals surface area contributed by atoms with Crippen LogP contribution in [0.5, 0.6) is 0 Å². The first-order valence-corrected chi connectivity index (χ1v) is 6.68. The van der Waals surface area contributed by atoms with Crippen LogP contribution in [0.3, 0.4) is 0 Å². The molecular weight excluding hydrogens is 297 g/mol. The second-order valence-corrected chi connectivity index (χ2v) is 4.98. The van der Waals surface area contributed by atoms with Crippen LogP contribution in [0.2, 0.25) is 0 Å². The first-order chi connectivity index (χ1) is 10.3. The molecule has 1 aromatic carbocycles. The van der Waals surface area contributed by atoms with Crippen molar-refractivity contribution in [1.29, 1.82) is 0 Å². The predicted octanol–water partition coefficient (Wildman–Crippen LogP) is 3.05. The van der Waals surface area contributed by atoms with Crippen LogP contribution in [0, 0.1) is 0 Å². The lowest BCUT2D eigenvalue weighted by Gasteiger charge is -2.17. The van der Waals surface area contributed by atoms with Gasteiger partial charge in [-0.05, 0) is 0 Å². The number of aromatic nitrogens is 2. The third-order valence-corrected chi connectivity index (χ3v) is 3.55. The first kappa shape index (κ1) is 14.5. The molecule has 0 N–H and O–H groups in total. The molecule has 0 fully saturated rings. The highest BCUT2D eigenvalue weighted by Gasteiger charge is 2.39. The van der Waals surface area contributed by atoms with Crippen LogP contribution in [-0.4, -0.2) is 27.3 Å². The minimum Gasteiger partial charge on any atom is -0.315 e. The summed E-state index contributed by atoms with van der Waals surface area (Å²) >= 11 is 0. The summed E-state index contributed by atoms with van der Waals surface area (Å²) in [7, 11) is 0. The number of nitrogens with zero attached hydrogens (tertiary/aromatic N) is 2. The summed E-state index contributed by atoms with van der Waals surface area (Å²) in [6, 6.07) is 6.32. The number of halogens is 3. The summed E-state index contributed by atoms with van der Waals surface area (Å²) in [4.78, 5) is 28.5. The van der Waals surface area contributed by atoms with E-state index in [0.717, 1.165) is 4.57 Å². The van der Waals surface area contributed by atoms with Gasteiger partial charge in [0.05, 0.1) is 0 Å². The van der Waals surface area contributed by atoms with Gasteiger partial charge in [0.1, 0.15) is 23.8 Å². The molecule has 1 aliphatic rings. The number of Topliss-reactive ketones (excluding diaryl/α,β-unsaturated/α-hetero) is 2. The molecule has 1 aromatic heterocycles. The zero-order valence-corrected chi connectivity index (χ0v) is 11.6. The van der Waals surface area contributed by atoms with Gasteiger partial charge in [0.25, 0.3) is 5.78 Å². The number of benzene rings is 1. The quantitative estimate of drug-likeness (QED) is 0.801. The van der Waals surface area contributed by atoms with E-state index in [9.17, 15) is 22.8 Å². The van der Waals surface area contributed by atoms with Gasteiger partial charge in [0.2, 0.25) is 5.78 Å². The highest BCUT2D eigenvalue weighted by Crippen LogP contribution is 2.34. The van der Waals surface area contributed by atoms with Crippen LogP contribution in [0.15, 0.2) is 24.3 Å². The first-order valence-electron chi connectivity index (χ1n) is 6.68. The molecule has 0 spiro atoms. The van der Waals surface area contributed by atoms with Gasteiger partial charge in [-0.1, -0.05) is 31.2 Å². The van der Waals surface area contributed by atoms with Crippen molar-refractivity contribution < 1.29 is 22.8 Å². The van der Waals surface area contributed by atoms with E-state index in [-0.39, 0.29) is 29.2 Å². The van der Waals surface area contributed by atoms with Gasteiger partial charge in [0.15, 0.2) is 0 Å². The highest BCUT2D eigenvalue weighted by molar-refractivity contribution is 6.52. The molecule has 22 heavy (non-hydrogen) atoms. The van der Waals surface area contributed by atoms with Crippen molar-refractivity contribution in [3.8, 4) is 11.3 Å². The number of rotatable bonds is 2. The number of alkyl halides is 3. The van der Waals surface area contributed by atoms with Gasteiger partial charge < -0.3 is 4.57 Å². The smallest absolute Gasteiger partial charge is 0.315 e. The molecule has 1 aliphatic carbocycles. The molecule has 0 radical (unpaired) electrons. The lowest BCUT2D eigenvalue weighted by Crippen LogP contribution is -2.28. The number of hydrogen-bond acceptors (Lipinski definition) is 3. The lowest BCUT2D eigenvalue weighted by atomic mass is 9.90. The van der Waals surface area contributed by atoms with Crippen LogP contribution in [0.25, 0.3) is 11.3 Å². The van der Waals surface area contributed by atoms with Crippen molar-refractivity contribution >= 4 is 11.6 Å². The van der Waals surface area contributed by atoms with E-state index < -0.39 is 24.3 Å². The second kappa shape index (κ2) is 4.79. The Morgan fingerprint density at radius 1 is 1.09 bits per heavy atom. The van der Waals surface area contributed by atoms with E-state index in [2.05, 4.69) is 4.98 Å². The molecule has 0 aliphatic heterocycles. The van der Waals surface area contributed by atoms with Gasteiger partial charge in [-0.25, -0.2) is 4.98 Å². The fraction of sp³-hybridized carbons (Fsp3) is 0.267. The van der Waals surface area contributed by atoms with Crippen molar-refractivity contribution in [3.63, 3.8) is 0 Å². The van der Waals surface area contributed by atoms with Gasteiger partial charge in [-0.15, -0.1) is 0 Å². The van der Waals surface area contributed by atoms with Crippen molar-refractivity contribution in [3.05, 3.63) is 41.3 Å². The third kappa shape index (κ3) is 2.13. The molecule has 0 saturated carbocycles. The summed E-state index contributed by atoms with van der Waals surface area (Å²) in [5.41, 5.74) is 0.469. The van der Waals surface area contributed by atoms with Crippen LogP contribution in [-0.2, 0) is 13.0 Å². The summed E-state index contributed by atoms with van der Waals surface area (Å²) in [6.45, 7) is 0.318. The maximum Gasteiger partial charge on any atom is 0.406 e. The van der Waals surface area contributed by atoms with Crippen molar-refractivity contribution in [1.82, 2.24) is 9.55 Å². The lowest BCUT2D eigenvalue weighted by molar-refractivity contribution is -0.141. The average Bonchev–Trinajstić information content (AvgIpc) is 2.81. The Bertz CT molecular complexity index is 791. The predicted molar refractivity (Wildman–Crippen MR) is 71.8 cm³/mol. The Balaban J connectivity index is 2.29. The Morgan fingerprint density at radius 2 is 1.73 bits per heavy atom. The maximum absolute atomic E-state index is 12.8.